The Labute approximate surface area is 102 Å². The minimum absolute atomic E-state index is 0.131. The highest BCUT2D eigenvalue weighted by molar-refractivity contribution is 5.42. The first-order valence-corrected chi connectivity index (χ1v) is 5.87. The summed E-state index contributed by atoms with van der Waals surface area (Å²) in [4.78, 5) is 8.54. The molecule has 1 aliphatic rings. The van der Waals surface area contributed by atoms with Crippen LogP contribution >= 0.6 is 0 Å². The average Bonchev–Trinajstić information content (AvgIpc) is 2.34. The SMILES string of the molecule is CNc1cncc(NC2CC(OC)C2(C)C)n1. The van der Waals surface area contributed by atoms with Crippen LogP contribution in [0.25, 0.3) is 0 Å². The van der Waals surface area contributed by atoms with Crippen molar-refractivity contribution in [1.29, 1.82) is 0 Å². The Balaban J connectivity index is 2.02. The van der Waals surface area contributed by atoms with E-state index in [1.807, 2.05) is 7.05 Å². The van der Waals surface area contributed by atoms with Crippen molar-refractivity contribution in [3.63, 3.8) is 0 Å². The van der Waals surface area contributed by atoms with Crippen molar-refractivity contribution in [1.82, 2.24) is 9.97 Å². The molecule has 1 saturated carbocycles. The first kappa shape index (κ1) is 12.1. The molecule has 2 N–H and O–H groups in total. The molecule has 0 amide bonds. The van der Waals surface area contributed by atoms with E-state index in [2.05, 4.69) is 34.4 Å². The predicted octanol–water partition coefficient (Wildman–Crippen LogP) is 1.74. The molecule has 94 valence electrons. The van der Waals surface area contributed by atoms with Gasteiger partial charge in [0.2, 0.25) is 0 Å². The van der Waals surface area contributed by atoms with E-state index in [0.29, 0.717) is 12.1 Å². The van der Waals surface area contributed by atoms with Crippen molar-refractivity contribution in [2.45, 2.75) is 32.4 Å². The molecule has 1 heterocycles. The molecule has 1 fully saturated rings. The number of anilines is 2. The van der Waals surface area contributed by atoms with Crippen LogP contribution in [0.2, 0.25) is 0 Å². The molecule has 2 atom stereocenters. The van der Waals surface area contributed by atoms with Crippen LogP contribution in [0, 0.1) is 5.41 Å². The first-order valence-electron chi connectivity index (χ1n) is 5.87. The maximum Gasteiger partial charge on any atom is 0.147 e. The van der Waals surface area contributed by atoms with Crippen LogP contribution in [0.1, 0.15) is 20.3 Å². The van der Waals surface area contributed by atoms with Gasteiger partial charge in [0.05, 0.1) is 18.5 Å². The Morgan fingerprint density at radius 3 is 2.65 bits per heavy atom. The standard InChI is InChI=1S/C12H20N4O/c1-12(2)8(5-9(12)17-4)15-11-7-14-6-10(13-3)16-11/h6-9H,5H2,1-4H3,(H2,13,15,16). The van der Waals surface area contributed by atoms with Crippen LogP contribution in [0.4, 0.5) is 11.6 Å². The zero-order valence-corrected chi connectivity index (χ0v) is 10.8. The van der Waals surface area contributed by atoms with Crippen molar-refractivity contribution < 1.29 is 4.74 Å². The van der Waals surface area contributed by atoms with Gasteiger partial charge >= 0.3 is 0 Å². The fourth-order valence-electron chi connectivity index (χ4n) is 2.26. The monoisotopic (exact) mass is 236 g/mol. The number of ether oxygens (including phenoxy) is 1. The highest BCUT2D eigenvalue weighted by atomic mass is 16.5. The lowest BCUT2D eigenvalue weighted by Crippen LogP contribution is -2.57. The van der Waals surface area contributed by atoms with Crippen molar-refractivity contribution in [3.05, 3.63) is 12.4 Å². The van der Waals surface area contributed by atoms with E-state index in [-0.39, 0.29) is 5.41 Å². The summed E-state index contributed by atoms with van der Waals surface area (Å²) in [5, 5.41) is 6.39. The molecule has 2 unspecified atom stereocenters. The van der Waals surface area contributed by atoms with E-state index in [9.17, 15) is 0 Å². The number of aromatic nitrogens is 2. The van der Waals surface area contributed by atoms with Crippen molar-refractivity contribution in [2.75, 3.05) is 24.8 Å². The van der Waals surface area contributed by atoms with Gasteiger partial charge in [0.25, 0.3) is 0 Å². The molecule has 1 aromatic heterocycles. The molecular weight excluding hydrogens is 216 g/mol. The number of hydrogen-bond acceptors (Lipinski definition) is 5. The van der Waals surface area contributed by atoms with E-state index in [4.69, 9.17) is 4.74 Å². The lowest BCUT2D eigenvalue weighted by molar-refractivity contribution is -0.0795. The molecule has 0 saturated heterocycles. The predicted molar refractivity (Wildman–Crippen MR) is 68.2 cm³/mol. The summed E-state index contributed by atoms with van der Waals surface area (Å²) in [6.07, 6.45) is 4.78. The van der Waals surface area contributed by atoms with Gasteiger partial charge in [-0.25, -0.2) is 4.98 Å². The summed E-state index contributed by atoms with van der Waals surface area (Å²) in [7, 11) is 3.60. The van der Waals surface area contributed by atoms with Crippen molar-refractivity contribution in [3.8, 4) is 0 Å². The zero-order valence-electron chi connectivity index (χ0n) is 10.8. The summed E-state index contributed by atoms with van der Waals surface area (Å²) in [5.41, 5.74) is 0.131. The summed E-state index contributed by atoms with van der Waals surface area (Å²) < 4.78 is 5.43. The minimum Gasteiger partial charge on any atom is -0.381 e. The lowest BCUT2D eigenvalue weighted by atomic mass is 9.64. The minimum atomic E-state index is 0.131. The Kier molecular flexibility index (Phi) is 3.19. The van der Waals surface area contributed by atoms with Crippen LogP contribution in [-0.4, -0.2) is 36.3 Å². The second kappa shape index (κ2) is 4.49. The number of nitrogens with zero attached hydrogens (tertiary/aromatic N) is 2. The van der Waals surface area contributed by atoms with Gasteiger partial charge in [0, 0.05) is 25.6 Å². The van der Waals surface area contributed by atoms with Gasteiger partial charge in [-0.05, 0) is 6.42 Å². The van der Waals surface area contributed by atoms with Crippen LogP contribution < -0.4 is 10.6 Å². The van der Waals surface area contributed by atoms with Gasteiger partial charge in [-0.1, -0.05) is 13.8 Å². The molecule has 0 bridgehead atoms. The van der Waals surface area contributed by atoms with Gasteiger partial charge in [-0.2, -0.15) is 0 Å². The van der Waals surface area contributed by atoms with Gasteiger partial charge in [0.15, 0.2) is 0 Å². The van der Waals surface area contributed by atoms with Crippen LogP contribution in [0.3, 0.4) is 0 Å². The average molecular weight is 236 g/mol. The molecular formula is C12H20N4O. The summed E-state index contributed by atoms with van der Waals surface area (Å²) >= 11 is 0. The van der Waals surface area contributed by atoms with E-state index >= 15 is 0 Å². The fraction of sp³-hybridized carbons (Fsp3) is 0.667. The van der Waals surface area contributed by atoms with Crippen LogP contribution in [0.5, 0.6) is 0 Å². The molecule has 0 aliphatic heterocycles. The third kappa shape index (κ3) is 2.20. The topological polar surface area (TPSA) is 59.1 Å². The Bertz CT molecular complexity index is 394. The van der Waals surface area contributed by atoms with Gasteiger partial charge in [-0.15, -0.1) is 0 Å². The van der Waals surface area contributed by atoms with E-state index in [1.54, 1.807) is 19.5 Å². The summed E-state index contributed by atoms with van der Waals surface area (Å²) in [5.74, 6) is 1.58. The third-order valence-electron chi connectivity index (χ3n) is 3.68. The maximum absolute atomic E-state index is 5.43. The maximum atomic E-state index is 5.43. The van der Waals surface area contributed by atoms with Crippen molar-refractivity contribution in [2.24, 2.45) is 5.41 Å². The molecule has 5 nitrogen and oxygen atoms in total. The molecule has 1 aromatic rings. The molecule has 1 aliphatic carbocycles. The number of nitrogens with one attached hydrogen (secondary N) is 2. The number of methoxy groups -OCH3 is 1. The van der Waals surface area contributed by atoms with Gasteiger partial charge < -0.3 is 15.4 Å². The zero-order chi connectivity index (χ0) is 12.5. The molecule has 0 radical (unpaired) electrons. The summed E-state index contributed by atoms with van der Waals surface area (Å²) in [6.45, 7) is 4.41. The highest BCUT2D eigenvalue weighted by Gasteiger charge is 2.48. The van der Waals surface area contributed by atoms with E-state index < -0.39 is 0 Å². The highest BCUT2D eigenvalue weighted by Crippen LogP contribution is 2.43. The number of rotatable bonds is 4. The van der Waals surface area contributed by atoms with E-state index in [0.717, 1.165) is 18.1 Å². The molecule has 0 spiro atoms. The van der Waals surface area contributed by atoms with Crippen LogP contribution in [-0.2, 0) is 4.74 Å². The summed E-state index contributed by atoms with van der Waals surface area (Å²) in [6, 6.07) is 0.383. The normalized spacial score (nSPS) is 26.1. The molecule has 5 heteroatoms. The number of hydrogen-bond donors (Lipinski definition) is 2. The first-order chi connectivity index (χ1) is 8.07. The second-order valence-corrected chi connectivity index (χ2v) is 5.02. The fourth-order valence-corrected chi connectivity index (χ4v) is 2.26. The van der Waals surface area contributed by atoms with Gasteiger partial charge in [-0.3, -0.25) is 4.98 Å². The Morgan fingerprint density at radius 1 is 1.35 bits per heavy atom. The van der Waals surface area contributed by atoms with Crippen LogP contribution in [0.15, 0.2) is 12.4 Å². The van der Waals surface area contributed by atoms with E-state index in [1.165, 1.54) is 0 Å². The quantitative estimate of drug-likeness (QED) is 0.834. The Morgan fingerprint density at radius 2 is 2.06 bits per heavy atom. The third-order valence-corrected chi connectivity index (χ3v) is 3.68. The molecule has 0 aromatic carbocycles. The largest absolute Gasteiger partial charge is 0.381 e. The van der Waals surface area contributed by atoms with Crippen molar-refractivity contribution >= 4 is 11.6 Å². The Hall–Kier alpha value is -1.36. The molecule has 17 heavy (non-hydrogen) atoms. The second-order valence-electron chi connectivity index (χ2n) is 5.02. The smallest absolute Gasteiger partial charge is 0.147 e. The van der Waals surface area contributed by atoms with Gasteiger partial charge in [0.1, 0.15) is 11.6 Å². The lowest BCUT2D eigenvalue weighted by Gasteiger charge is -2.51. The molecule has 2 rings (SSSR count).